The number of primary amides is 1. The Labute approximate surface area is 122 Å². The van der Waals surface area contributed by atoms with Gasteiger partial charge < -0.3 is 22.1 Å². The molecule has 0 spiro atoms. The summed E-state index contributed by atoms with van der Waals surface area (Å²) in [5.74, 6) is -0.953. The number of nitrogens with one attached hydrogen (secondary N) is 2. The second-order valence-electron chi connectivity index (χ2n) is 5.11. The number of carbonyl (C=O) groups excluding carboxylic acids is 3. The van der Waals surface area contributed by atoms with Crippen LogP contribution in [0.2, 0.25) is 0 Å². The second kappa shape index (κ2) is 6.36. The summed E-state index contributed by atoms with van der Waals surface area (Å²) in [6, 6.07) is 5.71. The van der Waals surface area contributed by atoms with Crippen molar-refractivity contribution in [3.8, 4) is 0 Å². The Morgan fingerprint density at radius 2 is 1.62 bits per heavy atom. The molecule has 0 saturated heterocycles. The standard InChI is InChI=1S/C14H18N4O3/c15-11(7-12(16)19)14(21)18-10-5-3-9(4-6-10)17-13(20)8-1-2-8/h3-6,8,11H,1-2,7,15H2,(H2,16,19)(H,17,20)(H,18,21). The molecule has 0 heterocycles. The molecule has 1 aliphatic carbocycles. The molecule has 7 heteroatoms. The summed E-state index contributed by atoms with van der Waals surface area (Å²) in [6.07, 6.45) is 1.68. The molecule has 1 aromatic rings. The molecule has 1 aliphatic rings. The Hall–Kier alpha value is -2.41. The van der Waals surface area contributed by atoms with Crippen LogP contribution in [0.25, 0.3) is 0 Å². The Morgan fingerprint density at radius 1 is 1.10 bits per heavy atom. The molecule has 1 atom stereocenters. The lowest BCUT2D eigenvalue weighted by atomic mass is 10.2. The summed E-state index contributed by atoms with van der Waals surface area (Å²) in [6.45, 7) is 0. The summed E-state index contributed by atoms with van der Waals surface area (Å²) in [7, 11) is 0. The zero-order valence-corrected chi connectivity index (χ0v) is 11.5. The third-order valence-electron chi connectivity index (χ3n) is 3.13. The first kappa shape index (κ1) is 15.0. The smallest absolute Gasteiger partial charge is 0.241 e. The van der Waals surface area contributed by atoms with E-state index < -0.39 is 17.9 Å². The summed E-state index contributed by atoms with van der Waals surface area (Å²) >= 11 is 0. The van der Waals surface area contributed by atoms with Crippen molar-refractivity contribution >= 4 is 29.1 Å². The van der Waals surface area contributed by atoms with E-state index in [1.165, 1.54) is 0 Å². The van der Waals surface area contributed by atoms with Crippen molar-refractivity contribution in [3.05, 3.63) is 24.3 Å². The van der Waals surface area contributed by atoms with Crippen LogP contribution in [-0.4, -0.2) is 23.8 Å². The molecule has 0 aliphatic heterocycles. The van der Waals surface area contributed by atoms with Crippen LogP contribution >= 0.6 is 0 Å². The van der Waals surface area contributed by atoms with Gasteiger partial charge in [-0.1, -0.05) is 0 Å². The van der Waals surface area contributed by atoms with Gasteiger partial charge >= 0.3 is 0 Å². The number of rotatable bonds is 6. The van der Waals surface area contributed by atoms with Crippen LogP contribution in [-0.2, 0) is 14.4 Å². The molecule has 21 heavy (non-hydrogen) atoms. The SMILES string of the molecule is NC(=O)CC(N)C(=O)Nc1ccc(NC(=O)C2CC2)cc1. The van der Waals surface area contributed by atoms with E-state index in [0.717, 1.165) is 12.8 Å². The molecule has 0 radical (unpaired) electrons. The van der Waals surface area contributed by atoms with Gasteiger partial charge in [-0.2, -0.15) is 0 Å². The van der Waals surface area contributed by atoms with Crippen LogP contribution in [0.5, 0.6) is 0 Å². The number of benzene rings is 1. The minimum absolute atomic E-state index is 0.0234. The maximum absolute atomic E-state index is 11.7. The number of amides is 3. The molecule has 112 valence electrons. The Bertz CT molecular complexity index is 552. The van der Waals surface area contributed by atoms with Gasteiger partial charge in [-0.15, -0.1) is 0 Å². The maximum atomic E-state index is 11.7. The van der Waals surface area contributed by atoms with Crippen molar-refractivity contribution in [2.24, 2.45) is 17.4 Å². The second-order valence-corrected chi connectivity index (χ2v) is 5.11. The Morgan fingerprint density at radius 3 is 2.10 bits per heavy atom. The van der Waals surface area contributed by atoms with Gasteiger partial charge in [0, 0.05) is 17.3 Å². The number of anilines is 2. The molecular weight excluding hydrogens is 272 g/mol. The van der Waals surface area contributed by atoms with Crippen molar-refractivity contribution in [1.29, 1.82) is 0 Å². The van der Waals surface area contributed by atoms with Crippen LogP contribution < -0.4 is 22.1 Å². The quantitative estimate of drug-likeness (QED) is 0.595. The lowest BCUT2D eigenvalue weighted by molar-refractivity contribution is -0.123. The molecule has 6 N–H and O–H groups in total. The lowest BCUT2D eigenvalue weighted by Gasteiger charge is -2.11. The highest BCUT2D eigenvalue weighted by Gasteiger charge is 2.29. The van der Waals surface area contributed by atoms with Gasteiger partial charge in [-0.3, -0.25) is 14.4 Å². The number of hydrogen-bond acceptors (Lipinski definition) is 4. The van der Waals surface area contributed by atoms with Gasteiger partial charge in [0.15, 0.2) is 0 Å². The highest BCUT2D eigenvalue weighted by Crippen LogP contribution is 2.30. The van der Waals surface area contributed by atoms with Crippen LogP contribution in [0.1, 0.15) is 19.3 Å². The van der Waals surface area contributed by atoms with E-state index in [4.69, 9.17) is 11.5 Å². The van der Waals surface area contributed by atoms with E-state index in [0.29, 0.717) is 11.4 Å². The van der Waals surface area contributed by atoms with E-state index in [2.05, 4.69) is 10.6 Å². The van der Waals surface area contributed by atoms with E-state index in [1.807, 2.05) is 0 Å². The minimum Gasteiger partial charge on any atom is -0.370 e. The van der Waals surface area contributed by atoms with E-state index in [-0.39, 0.29) is 18.2 Å². The normalized spacial score (nSPS) is 15.1. The van der Waals surface area contributed by atoms with Crippen LogP contribution in [0, 0.1) is 5.92 Å². The Balaban J connectivity index is 1.88. The van der Waals surface area contributed by atoms with E-state index >= 15 is 0 Å². The highest BCUT2D eigenvalue weighted by molar-refractivity contribution is 5.98. The molecule has 7 nitrogen and oxygen atoms in total. The van der Waals surface area contributed by atoms with Crippen molar-refractivity contribution in [2.75, 3.05) is 10.6 Å². The van der Waals surface area contributed by atoms with Crippen LogP contribution in [0.3, 0.4) is 0 Å². The summed E-state index contributed by atoms with van der Waals surface area (Å²) in [5, 5.41) is 5.37. The average Bonchev–Trinajstić information content (AvgIpc) is 3.24. The molecule has 1 fully saturated rings. The molecule has 2 rings (SSSR count). The molecular formula is C14H18N4O3. The minimum atomic E-state index is -0.975. The van der Waals surface area contributed by atoms with Gasteiger partial charge in [0.05, 0.1) is 12.5 Å². The monoisotopic (exact) mass is 290 g/mol. The third-order valence-corrected chi connectivity index (χ3v) is 3.13. The number of hydrogen-bond donors (Lipinski definition) is 4. The van der Waals surface area contributed by atoms with Gasteiger partial charge in [0.25, 0.3) is 0 Å². The molecule has 1 aromatic carbocycles. The van der Waals surface area contributed by atoms with Gasteiger partial charge in [-0.05, 0) is 37.1 Å². The fourth-order valence-corrected chi connectivity index (χ4v) is 1.77. The first-order valence-electron chi connectivity index (χ1n) is 6.71. The highest BCUT2D eigenvalue weighted by atomic mass is 16.2. The van der Waals surface area contributed by atoms with E-state index in [9.17, 15) is 14.4 Å². The van der Waals surface area contributed by atoms with Crippen molar-refractivity contribution < 1.29 is 14.4 Å². The number of nitrogens with two attached hydrogens (primary N) is 2. The largest absolute Gasteiger partial charge is 0.370 e. The van der Waals surface area contributed by atoms with Crippen molar-refractivity contribution in [2.45, 2.75) is 25.3 Å². The van der Waals surface area contributed by atoms with Crippen LogP contribution in [0.15, 0.2) is 24.3 Å². The molecule has 0 aromatic heterocycles. The summed E-state index contributed by atoms with van der Waals surface area (Å²) in [5.41, 5.74) is 11.7. The topological polar surface area (TPSA) is 127 Å². The average molecular weight is 290 g/mol. The summed E-state index contributed by atoms with van der Waals surface area (Å²) < 4.78 is 0. The molecule has 1 saturated carbocycles. The third kappa shape index (κ3) is 4.57. The maximum Gasteiger partial charge on any atom is 0.241 e. The molecule has 1 unspecified atom stereocenters. The predicted octanol–water partition coefficient (Wildman–Crippen LogP) is 0.176. The van der Waals surface area contributed by atoms with Crippen LogP contribution in [0.4, 0.5) is 11.4 Å². The zero-order valence-electron chi connectivity index (χ0n) is 11.5. The Kier molecular flexibility index (Phi) is 4.54. The van der Waals surface area contributed by atoms with Gasteiger partial charge in [0.2, 0.25) is 17.7 Å². The van der Waals surface area contributed by atoms with E-state index in [1.54, 1.807) is 24.3 Å². The fourth-order valence-electron chi connectivity index (χ4n) is 1.77. The zero-order chi connectivity index (χ0) is 15.4. The van der Waals surface area contributed by atoms with Crippen molar-refractivity contribution in [3.63, 3.8) is 0 Å². The number of carbonyl (C=O) groups is 3. The first-order valence-corrected chi connectivity index (χ1v) is 6.71. The van der Waals surface area contributed by atoms with Gasteiger partial charge in [0.1, 0.15) is 0 Å². The first-order chi connectivity index (χ1) is 9.95. The molecule has 0 bridgehead atoms. The summed E-state index contributed by atoms with van der Waals surface area (Å²) in [4.78, 5) is 34.0. The van der Waals surface area contributed by atoms with Gasteiger partial charge in [-0.25, -0.2) is 0 Å². The lowest BCUT2D eigenvalue weighted by Crippen LogP contribution is -2.38. The predicted molar refractivity (Wildman–Crippen MR) is 78.2 cm³/mol. The van der Waals surface area contributed by atoms with Crippen molar-refractivity contribution in [1.82, 2.24) is 0 Å². The molecule has 3 amide bonds. The fraction of sp³-hybridized carbons (Fsp3) is 0.357.